The fourth-order valence-electron chi connectivity index (χ4n) is 1.99. The van der Waals surface area contributed by atoms with Crippen LogP contribution in [0.5, 0.6) is 5.75 Å². The zero-order valence-electron chi connectivity index (χ0n) is 11.3. The van der Waals surface area contributed by atoms with Crippen molar-refractivity contribution < 1.29 is 9.53 Å². The van der Waals surface area contributed by atoms with E-state index in [4.69, 9.17) is 4.74 Å². The second-order valence-corrected chi connectivity index (χ2v) is 5.24. The van der Waals surface area contributed by atoms with Crippen LogP contribution in [0.15, 0.2) is 24.3 Å². The lowest BCUT2D eigenvalue weighted by atomic mass is 10.2. The maximum atomic E-state index is 11.9. The second kappa shape index (κ2) is 5.42. The number of hydrogen-bond donors (Lipinski definition) is 0. The van der Waals surface area contributed by atoms with Crippen LogP contribution in [-0.2, 0) is 4.79 Å². The Morgan fingerprint density at radius 3 is 2.56 bits per heavy atom. The molecule has 1 aliphatic rings. The van der Waals surface area contributed by atoms with Gasteiger partial charge in [-0.15, -0.1) is 0 Å². The van der Waals surface area contributed by atoms with Crippen molar-refractivity contribution in [3.8, 4) is 5.75 Å². The summed E-state index contributed by atoms with van der Waals surface area (Å²) in [5, 5.41) is 0. The molecule has 0 spiro atoms. The van der Waals surface area contributed by atoms with E-state index in [1.807, 2.05) is 38.2 Å². The van der Waals surface area contributed by atoms with Gasteiger partial charge in [0, 0.05) is 13.0 Å². The Bertz CT molecular complexity index is 413. The van der Waals surface area contributed by atoms with E-state index in [0.29, 0.717) is 19.1 Å². The average molecular weight is 247 g/mol. The zero-order valence-corrected chi connectivity index (χ0v) is 11.3. The highest BCUT2D eigenvalue weighted by molar-refractivity contribution is 5.81. The highest BCUT2D eigenvalue weighted by atomic mass is 16.5. The number of aryl methyl sites for hydroxylation is 1. The Morgan fingerprint density at radius 1 is 1.39 bits per heavy atom. The molecule has 0 N–H and O–H groups in total. The van der Waals surface area contributed by atoms with Crippen molar-refractivity contribution >= 4 is 5.91 Å². The van der Waals surface area contributed by atoms with E-state index in [0.717, 1.165) is 12.2 Å². The smallest absolute Gasteiger partial charge is 0.225 e. The molecule has 3 nitrogen and oxygen atoms in total. The standard InChI is InChI=1S/C15H21NO2/c1-11-4-6-13(7-5-11)18-9-8-16(3)15(17)14-10-12(14)2/h4-7,12,14H,8-10H2,1-3H3/t12-,14-/m0/s1. The lowest BCUT2D eigenvalue weighted by molar-refractivity contribution is -0.131. The van der Waals surface area contributed by atoms with Crippen LogP contribution in [0, 0.1) is 18.8 Å². The zero-order chi connectivity index (χ0) is 13.1. The van der Waals surface area contributed by atoms with Gasteiger partial charge in [0.05, 0.1) is 6.54 Å². The van der Waals surface area contributed by atoms with Gasteiger partial charge in [-0.1, -0.05) is 24.6 Å². The fraction of sp³-hybridized carbons (Fsp3) is 0.533. The van der Waals surface area contributed by atoms with Gasteiger partial charge in [-0.2, -0.15) is 0 Å². The van der Waals surface area contributed by atoms with E-state index in [2.05, 4.69) is 6.92 Å². The molecule has 0 aliphatic heterocycles. The van der Waals surface area contributed by atoms with Crippen LogP contribution < -0.4 is 4.74 Å². The Morgan fingerprint density at radius 2 is 2.00 bits per heavy atom. The molecule has 1 aromatic carbocycles. The van der Waals surface area contributed by atoms with Crippen LogP contribution >= 0.6 is 0 Å². The first-order chi connectivity index (χ1) is 8.58. The van der Waals surface area contributed by atoms with Crippen molar-refractivity contribution in [2.75, 3.05) is 20.2 Å². The Hall–Kier alpha value is -1.51. The molecule has 0 heterocycles. The molecule has 1 aromatic rings. The predicted molar refractivity (Wildman–Crippen MR) is 71.6 cm³/mol. The maximum Gasteiger partial charge on any atom is 0.225 e. The summed E-state index contributed by atoms with van der Waals surface area (Å²) in [6, 6.07) is 7.96. The summed E-state index contributed by atoms with van der Waals surface area (Å²) in [5.41, 5.74) is 1.22. The molecule has 1 fully saturated rings. The summed E-state index contributed by atoms with van der Waals surface area (Å²) in [6.45, 7) is 5.37. The first-order valence-electron chi connectivity index (χ1n) is 6.52. The highest BCUT2D eigenvalue weighted by Gasteiger charge is 2.40. The molecular weight excluding hydrogens is 226 g/mol. The lowest BCUT2D eigenvalue weighted by Crippen LogP contribution is -2.32. The minimum absolute atomic E-state index is 0.259. The summed E-state index contributed by atoms with van der Waals surface area (Å²) in [4.78, 5) is 13.7. The van der Waals surface area contributed by atoms with E-state index in [1.165, 1.54) is 5.56 Å². The van der Waals surface area contributed by atoms with Gasteiger partial charge in [-0.25, -0.2) is 0 Å². The Labute approximate surface area is 109 Å². The minimum atomic E-state index is 0.259. The number of benzene rings is 1. The van der Waals surface area contributed by atoms with Crippen LogP contribution in [0.4, 0.5) is 0 Å². The van der Waals surface area contributed by atoms with Gasteiger partial charge in [-0.05, 0) is 31.4 Å². The summed E-state index contributed by atoms with van der Waals surface area (Å²) < 4.78 is 5.61. The third-order valence-corrected chi connectivity index (χ3v) is 3.52. The molecule has 98 valence electrons. The van der Waals surface area contributed by atoms with Crippen LogP contribution in [0.3, 0.4) is 0 Å². The molecule has 1 amide bonds. The van der Waals surface area contributed by atoms with Gasteiger partial charge in [0.25, 0.3) is 0 Å². The number of carbonyl (C=O) groups is 1. The van der Waals surface area contributed by atoms with Crippen molar-refractivity contribution in [1.82, 2.24) is 4.90 Å². The molecule has 0 radical (unpaired) electrons. The van der Waals surface area contributed by atoms with Crippen molar-refractivity contribution in [3.05, 3.63) is 29.8 Å². The van der Waals surface area contributed by atoms with Gasteiger partial charge >= 0.3 is 0 Å². The van der Waals surface area contributed by atoms with Crippen LogP contribution in [0.1, 0.15) is 18.9 Å². The van der Waals surface area contributed by atoms with Crippen LogP contribution in [0.2, 0.25) is 0 Å². The van der Waals surface area contributed by atoms with Crippen molar-refractivity contribution in [1.29, 1.82) is 0 Å². The molecular formula is C15H21NO2. The van der Waals surface area contributed by atoms with Gasteiger partial charge in [0.1, 0.15) is 12.4 Å². The van der Waals surface area contributed by atoms with Gasteiger partial charge in [0.15, 0.2) is 0 Å². The van der Waals surface area contributed by atoms with Crippen LogP contribution in [-0.4, -0.2) is 31.0 Å². The maximum absolute atomic E-state index is 11.9. The minimum Gasteiger partial charge on any atom is -0.492 e. The van der Waals surface area contributed by atoms with Gasteiger partial charge in [-0.3, -0.25) is 4.79 Å². The van der Waals surface area contributed by atoms with E-state index in [-0.39, 0.29) is 11.8 Å². The van der Waals surface area contributed by atoms with E-state index >= 15 is 0 Å². The van der Waals surface area contributed by atoms with E-state index in [1.54, 1.807) is 4.90 Å². The summed E-state index contributed by atoms with van der Waals surface area (Å²) in [5.74, 6) is 1.95. The first kappa shape index (κ1) is 12.9. The molecule has 2 atom stereocenters. The Kier molecular flexibility index (Phi) is 3.90. The molecule has 1 aliphatic carbocycles. The monoisotopic (exact) mass is 247 g/mol. The number of carbonyl (C=O) groups excluding carboxylic acids is 1. The average Bonchev–Trinajstić information content (AvgIpc) is 3.08. The van der Waals surface area contributed by atoms with Crippen molar-refractivity contribution in [3.63, 3.8) is 0 Å². The van der Waals surface area contributed by atoms with Gasteiger partial charge in [0.2, 0.25) is 5.91 Å². The summed E-state index contributed by atoms with van der Waals surface area (Å²) in [7, 11) is 1.85. The molecule has 1 saturated carbocycles. The van der Waals surface area contributed by atoms with Crippen LogP contribution in [0.25, 0.3) is 0 Å². The summed E-state index contributed by atoms with van der Waals surface area (Å²) >= 11 is 0. The highest BCUT2D eigenvalue weighted by Crippen LogP contribution is 2.38. The topological polar surface area (TPSA) is 29.5 Å². The fourth-order valence-corrected chi connectivity index (χ4v) is 1.99. The third-order valence-electron chi connectivity index (χ3n) is 3.52. The number of ether oxygens (including phenoxy) is 1. The third kappa shape index (κ3) is 3.25. The number of likely N-dealkylation sites (N-methyl/N-ethyl adjacent to an activating group) is 1. The number of rotatable bonds is 5. The van der Waals surface area contributed by atoms with Crippen molar-refractivity contribution in [2.24, 2.45) is 11.8 Å². The second-order valence-electron chi connectivity index (χ2n) is 5.24. The molecule has 18 heavy (non-hydrogen) atoms. The molecule has 0 aromatic heterocycles. The SMILES string of the molecule is Cc1ccc(OCCN(C)C(=O)[C@H]2C[C@@H]2C)cc1. The normalized spacial score (nSPS) is 21.5. The van der Waals surface area contributed by atoms with Crippen molar-refractivity contribution in [2.45, 2.75) is 20.3 Å². The first-order valence-corrected chi connectivity index (χ1v) is 6.52. The number of nitrogens with zero attached hydrogens (tertiary/aromatic N) is 1. The van der Waals surface area contributed by atoms with E-state index < -0.39 is 0 Å². The quantitative estimate of drug-likeness (QED) is 0.800. The molecule has 0 saturated heterocycles. The molecule has 0 unspecified atom stereocenters. The molecule has 2 rings (SSSR count). The van der Waals surface area contributed by atoms with E-state index in [9.17, 15) is 4.79 Å². The number of hydrogen-bond acceptors (Lipinski definition) is 2. The largest absolute Gasteiger partial charge is 0.492 e. The number of amides is 1. The molecule has 0 bridgehead atoms. The van der Waals surface area contributed by atoms with Gasteiger partial charge < -0.3 is 9.64 Å². The summed E-state index contributed by atoms with van der Waals surface area (Å²) in [6.07, 6.45) is 1.04. The molecule has 3 heteroatoms. The Balaban J connectivity index is 1.71. The lowest BCUT2D eigenvalue weighted by Gasteiger charge is -2.17. The predicted octanol–water partition coefficient (Wildman–Crippen LogP) is 2.49.